The van der Waals surface area contributed by atoms with E-state index in [4.69, 9.17) is 4.74 Å². The number of ether oxygens (including phenoxy) is 1. The predicted octanol–water partition coefficient (Wildman–Crippen LogP) is 5.33. The number of benzene rings is 2. The number of rotatable bonds is 4. The molecule has 0 atom stereocenters. The van der Waals surface area contributed by atoms with Gasteiger partial charge in [0.1, 0.15) is 0 Å². The van der Waals surface area contributed by atoms with Gasteiger partial charge in [-0.25, -0.2) is 0 Å². The van der Waals surface area contributed by atoms with Crippen LogP contribution < -0.4 is 10.1 Å². The van der Waals surface area contributed by atoms with E-state index in [0.717, 1.165) is 24.3 Å². The fourth-order valence-electron chi connectivity index (χ4n) is 2.41. The molecular formula is C20H23NO. The lowest BCUT2D eigenvalue weighted by Gasteiger charge is -2.07. The number of allylic oxidation sites excluding steroid dienone is 1. The zero-order valence-corrected chi connectivity index (χ0v) is 13.4. The molecule has 0 radical (unpaired) electrons. The molecule has 0 saturated heterocycles. The van der Waals surface area contributed by atoms with Gasteiger partial charge in [0.25, 0.3) is 0 Å². The Bertz CT molecular complexity index is 659. The highest BCUT2D eigenvalue weighted by molar-refractivity contribution is 5.64. The second-order valence-corrected chi connectivity index (χ2v) is 5.07. The molecule has 0 spiro atoms. The van der Waals surface area contributed by atoms with E-state index in [0.29, 0.717) is 5.88 Å². The van der Waals surface area contributed by atoms with Crippen LogP contribution in [0.25, 0.3) is 0 Å². The lowest BCUT2D eigenvalue weighted by Crippen LogP contribution is -1.94. The smallest absolute Gasteiger partial charge is 0.190 e. The zero-order chi connectivity index (χ0) is 15.9. The van der Waals surface area contributed by atoms with Crippen LogP contribution >= 0.6 is 0 Å². The first kappa shape index (κ1) is 15.9. The van der Waals surface area contributed by atoms with E-state index in [1.165, 1.54) is 16.7 Å². The molecule has 1 heterocycles. The first-order chi connectivity index (χ1) is 10.7. The molecule has 0 amide bonds. The number of anilines is 1. The van der Waals surface area contributed by atoms with Crippen LogP contribution in [0.5, 0.6) is 5.75 Å². The van der Waals surface area contributed by atoms with Crippen LogP contribution in [0.2, 0.25) is 0 Å². The maximum Gasteiger partial charge on any atom is 0.190 e. The molecule has 0 aromatic heterocycles. The summed E-state index contributed by atoms with van der Waals surface area (Å²) in [6.45, 7) is 11.9. The quantitative estimate of drug-likeness (QED) is 0.769. The topological polar surface area (TPSA) is 21.3 Å². The SMILES string of the molecule is C=C(Cc1ccccc1)Cc1ccc2c(c1)OC(=C)N2.CC. The van der Waals surface area contributed by atoms with Gasteiger partial charge in [0, 0.05) is 0 Å². The van der Waals surface area contributed by atoms with Crippen LogP contribution in [0.15, 0.2) is 73.1 Å². The number of hydrogen-bond donors (Lipinski definition) is 1. The second kappa shape index (κ2) is 7.51. The third kappa shape index (κ3) is 4.01. The molecule has 0 unspecified atom stereocenters. The van der Waals surface area contributed by atoms with Crippen molar-refractivity contribution in [3.05, 3.63) is 84.3 Å². The summed E-state index contributed by atoms with van der Waals surface area (Å²) in [7, 11) is 0. The summed E-state index contributed by atoms with van der Waals surface area (Å²) in [6.07, 6.45) is 1.77. The minimum absolute atomic E-state index is 0.584. The monoisotopic (exact) mass is 293 g/mol. The molecule has 0 saturated carbocycles. The number of nitrogens with one attached hydrogen (secondary N) is 1. The average molecular weight is 293 g/mol. The molecule has 2 aromatic rings. The maximum atomic E-state index is 5.51. The normalized spacial score (nSPS) is 11.6. The Morgan fingerprint density at radius 2 is 1.68 bits per heavy atom. The minimum atomic E-state index is 0.584. The Hall–Kier alpha value is -2.48. The molecule has 2 nitrogen and oxygen atoms in total. The molecule has 0 fully saturated rings. The van der Waals surface area contributed by atoms with Gasteiger partial charge in [-0.3, -0.25) is 0 Å². The first-order valence-corrected chi connectivity index (χ1v) is 7.68. The van der Waals surface area contributed by atoms with Gasteiger partial charge in [0.2, 0.25) is 0 Å². The maximum absolute atomic E-state index is 5.51. The van der Waals surface area contributed by atoms with Crippen molar-refractivity contribution in [2.24, 2.45) is 0 Å². The van der Waals surface area contributed by atoms with Gasteiger partial charge >= 0.3 is 0 Å². The summed E-state index contributed by atoms with van der Waals surface area (Å²) in [4.78, 5) is 0. The summed E-state index contributed by atoms with van der Waals surface area (Å²) in [6, 6.07) is 16.6. The van der Waals surface area contributed by atoms with Crippen LogP contribution in [0.3, 0.4) is 0 Å². The highest BCUT2D eigenvalue weighted by atomic mass is 16.5. The van der Waals surface area contributed by atoms with Crippen molar-refractivity contribution in [2.75, 3.05) is 5.32 Å². The van der Waals surface area contributed by atoms with Gasteiger partial charge in [-0.2, -0.15) is 0 Å². The Morgan fingerprint density at radius 3 is 2.41 bits per heavy atom. The average Bonchev–Trinajstić information content (AvgIpc) is 2.89. The van der Waals surface area contributed by atoms with E-state index >= 15 is 0 Å². The summed E-state index contributed by atoms with van der Waals surface area (Å²) in [5, 5.41) is 3.08. The van der Waals surface area contributed by atoms with Crippen molar-refractivity contribution in [1.82, 2.24) is 0 Å². The van der Waals surface area contributed by atoms with E-state index in [9.17, 15) is 0 Å². The Labute approximate surface area is 133 Å². The summed E-state index contributed by atoms with van der Waals surface area (Å²) >= 11 is 0. The number of hydrogen-bond acceptors (Lipinski definition) is 2. The van der Waals surface area contributed by atoms with E-state index < -0.39 is 0 Å². The summed E-state index contributed by atoms with van der Waals surface area (Å²) in [5.74, 6) is 1.43. The molecule has 3 rings (SSSR count). The largest absolute Gasteiger partial charge is 0.440 e. The molecule has 1 aliphatic rings. The van der Waals surface area contributed by atoms with E-state index in [-0.39, 0.29) is 0 Å². The molecule has 114 valence electrons. The van der Waals surface area contributed by atoms with Gasteiger partial charge in [0.15, 0.2) is 11.6 Å². The van der Waals surface area contributed by atoms with Gasteiger partial charge in [-0.1, -0.05) is 62.4 Å². The summed E-state index contributed by atoms with van der Waals surface area (Å²) in [5.41, 5.74) is 4.68. The van der Waals surface area contributed by atoms with Gasteiger partial charge in [-0.05, 0) is 42.7 Å². The van der Waals surface area contributed by atoms with E-state index in [1.807, 2.05) is 26.0 Å². The van der Waals surface area contributed by atoms with Crippen molar-refractivity contribution in [2.45, 2.75) is 26.7 Å². The van der Waals surface area contributed by atoms with E-state index in [1.54, 1.807) is 0 Å². The van der Waals surface area contributed by atoms with Gasteiger partial charge in [-0.15, -0.1) is 0 Å². The fourth-order valence-corrected chi connectivity index (χ4v) is 2.41. The Balaban J connectivity index is 0.000000847. The van der Waals surface area contributed by atoms with Gasteiger partial charge in [0.05, 0.1) is 5.69 Å². The zero-order valence-electron chi connectivity index (χ0n) is 13.4. The van der Waals surface area contributed by atoms with Crippen molar-refractivity contribution in [1.29, 1.82) is 0 Å². The molecule has 1 aliphatic heterocycles. The van der Waals surface area contributed by atoms with Crippen LogP contribution in [0, 0.1) is 0 Å². The van der Waals surface area contributed by atoms with Crippen molar-refractivity contribution in [3.63, 3.8) is 0 Å². The Morgan fingerprint density at radius 1 is 1.00 bits per heavy atom. The fraction of sp³-hybridized carbons (Fsp3) is 0.200. The van der Waals surface area contributed by atoms with Crippen molar-refractivity contribution >= 4 is 5.69 Å². The second-order valence-electron chi connectivity index (χ2n) is 5.07. The molecule has 2 aromatic carbocycles. The molecule has 1 N–H and O–H groups in total. The van der Waals surface area contributed by atoms with Crippen LogP contribution in [-0.2, 0) is 12.8 Å². The standard InChI is InChI=1S/C18H17NO.C2H6/c1-13(10-15-6-4-3-5-7-15)11-16-8-9-17-18(12-16)20-14(2)19-17;1-2/h3-9,12,19H,1-2,10-11H2;1-2H3. The summed E-state index contributed by atoms with van der Waals surface area (Å²) < 4.78 is 5.51. The highest BCUT2D eigenvalue weighted by Crippen LogP contribution is 2.34. The van der Waals surface area contributed by atoms with Crippen LogP contribution in [0.1, 0.15) is 25.0 Å². The van der Waals surface area contributed by atoms with E-state index in [2.05, 4.69) is 54.9 Å². The van der Waals surface area contributed by atoms with Crippen molar-refractivity contribution < 1.29 is 4.74 Å². The molecule has 0 aliphatic carbocycles. The minimum Gasteiger partial charge on any atom is -0.440 e. The van der Waals surface area contributed by atoms with Gasteiger partial charge < -0.3 is 10.1 Å². The Kier molecular flexibility index (Phi) is 5.42. The predicted molar refractivity (Wildman–Crippen MR) is 94.2 cm³/mol. The third-order valence-corrected chi connectivity index (χ3v) is 3.30. The third-order valence-electron chi connectivity index (χ3n) is 3.30. The lowest BCUT2D eigenvalue weighted by molar-refractivity contribution is 0.459. The molecule has 2 heteroatoms. The lowest BCUT2D eigenvalue weighted by atomic mass is 9.99. The van der Waals surface area contributed by atoms with Crippen LogP contribution in [-0.4, -0.2) is 0 Å². The van der Waals surface area contributed by atoms with Crippen LogP contribution in [0.4, 0.5) is 5.69 Å². The molecule has 22 heavy (non-hydrogen) atoms. The molecular weight excluding hydrogens is 270 g/mol. The molecule has 0 bridgehead atoms. The van der Waals surface area contributed by atoms with Crippen molar-refractivity contribution in [3.8, 4) is 5.75 Å². The highest BCUT2D eigenvalue weighted by Gasteiger charge is 2.15. The number of fused-ring (bicyclic) bond motifs is 1. The first-order valence-electron chi connectivity index (χ1n) is 7.68.